The second-order valence-corrected chi connectivity index (χ2v) is 3.49. The molecule has 2 aliphatic heterocycles. The third-order valence-corrected chi connectivity index (χ3v) is 2.63. The number of rotatable bonds is 1. The molecule has 4 heteroatoms. The van der Waals surface area contributed by atoms with Crippen molar-refractivity contribution in [2.24, 2.45) is 0 Å². The van der Waals surface area contributed by atoms with Gasteiger partial charge in [-0.1, -0.05) is 0 Å². The quantitative estimate of drug-likeness (QED) is 0.463. The smallest absolute Gasteiger partial charge is 0.234 e. The molecule has 2 fully saturated rings. The predicted molar refractivity (Wildman–Crippen MR) is 45.8 cm³/mol. The Kier molecular flexibility index (Phi) is 2.28. The zero-order chi connectivity index (χ0) is 8.39. The highest BCUT2D eigenvalue weighted by Crippen LogP contribution is 2.09. The van der Waals surface area contributed by atoms with Gasteiger partial charge >= 0.3 is 0 Å². The Morgan fingerprint density at radius 1 is 1.25 bits per heavy atom. The average molecular weight is 169 g/mol. The van der Waals surface area contributed by atoms with Crippen LogP contribution in [0.5, 0.6) is 0 Å². The normalized spacial score (nSPS) is 36.5. The summed E-state index contributed by atoms with van der Waals surface area (Å²) < 4.78 is 0. The molecule has 0 spiro atoms. The third-order valence-electron chi connectivity index (χ3n) is 2.63. The molecule has 0 aromatic heterocycles. The number of amides is 1. The molecule has 3 N–H and O–H groups in total. The third kappa shape index (κ3) is 1.59. The molecule has 2 atom stereocenters. The van der Waals surface area contributed by atoms with Crippen LogP contribution in [0.1, 0.15) is 12.8 Å². The van der Waals surface area contributed by atoms with E-state index in [1.54, 1.807) is 0 Å². The van der Waals surface area contributed by atoms with Crippen molar-refractivity contribution in [3.8, 4) is 0 Å². The molecule has 0 bridgehead atoms. The summed E-state index contributed by atoms with van der Waals surface area (Å²) in [4.78, 5) is 10.8. The summed E-state index contributed by atoms with van der Waals surface area (Å²) >= 11 is 0. The van der Waals surface area contributed by atoms with Gasteiger partial charge in [-0.15, -0.1) is 0 Å². The molecule has 0 aromatic rings. The van der Waals surface area contributed by atoms with Gasteiger partial charge in [0.15, 0.2) is 0 Å². The first-order valence-electron chi connectivity index (χ1n) is 4.60. The summed E-state index contributed by atoms with van der Waals surface area (Å²) in [6.07, 6.45) is 2.49. The summed E-state index contributed by atoms with van der Waals surface area (Å²) in [6.45, 7) is 2.37. The molecule has 1 amide bonds. The Hall–Kier alpha value is -0.610. The molecule has 2 heterocycles. The van der Waals surface area contributed by atoms with Crippen molar-refractivity contribution in [2.75, 3.05) is 19.6 Å². The molecule has 12 heavy (non-hydrogen) atoms. The number of hydrogen-bond donors (Lipinski definition) is 3. The van der Waals surface area contributed by atoms with Crippen LogP contribution in [0.4, 0.5) is 0 Å². The summed E-state index contributed by atoms with van der Waals surface area (Å²) in [5, 5.41) is 9.53. The molecule has 4 nitrogen and oxygen atoms in total. The minimum atomic E-state index is 0.115. The van der Waals surface area contributed by atoms with Crippen LogP contribution in [-0.2, 0) is 4.79 Å². The van der Waals surface area contributed by atoms with Crippen molar-refractivity contribution in [3.05, 3.63) is 0 Å². The maximum absolute atomic E-state index is 10.8. The van der Waals surface area contributed by atoms with E-state index >= 15 is 0 Å². The van der Waals surface area contributed by atoms with Crippen LogP contribution in [0.25, 0.3) is 0 Å². The Morgan fingerprint density at radius 2 is 2.17 bits per heavy atom. The fourth-order valence-electron chi connectivity index (χ4n) is 1.92. The molecule has 2 saturated heterocycles. The van der Waals surface area contributed by atoms with E-state index in [1.807, 2.05) is 0 Å². The summed E-state index contributed by atoms with van der Waals surface area (Å²) in [7, 11) is 0. The van der Waals surface area contributed by atoms with Crippen molar-refractivity contribution in [2.45, 2.75) is 24.9 Å². The van der Waals surface area contributed by atoms with Gasteiger partial charge in [-0.25, -0.2) is 0 Å². The molecular formula is C8H15N3O. The number of nitrogens with one attached hydrogen (secondary N) is 3. The van der Waals surface area contributed by atoms with Gasteiger partial charge in [0.05, 0.1) is 6.54 Å². The van der Waals surface area contributed by atoms with Crippen LogP contribution in [0.2, 0.25) is 0 Å². The average Bonchev–Trinajstić information content (AvgIpc) is 2.58. The van der Waals surface area contributed by atoms with E-state index in [9.17, 15) is 4.79 Å². The lowest BCUT2D eigenvalue weighted by Gasteiger charge is -2.28. The van der Waals surface area contributed by atoms with Crippen molar-refractivity contribution in [3.63, 3.8) is 0 Å². The van der Waals surface area contributed by atoms with Gasteiger partial charge < -0.3 is 16.0 Å². The van der Waals surface area contributed by atoms with Crippen LogP contribution < -0.4 is 16.0 Å². The van der Waals surface area contributed by atoms with Crippen molar-refractivity contribution in [1.82, 2.24) is 16.0 Å². The molecule has 0 aromatic carbocycles. The van der Waals surface area contributed by atoms with E-state index < -0.39 is 0 Å². The minimum absolute atomic E-state index is 0.115. The number of hydrogen-bond acceptors (Lipinski definition) is 3. The van der Waals surface area contributed by atoms with Crippen LogP contribution >= 0.6 is 0 Å². The molecule has 2 aliphatic rings. The van der Waals surface area contributed by atoms with Gasteiger partial charge in [0.25, 0.3) is 0 Å². The Balaban J connectivity index is 1.84. The molecule has 0 saturated carbocycles. The van der Waals surface area contributed by atoms with Gasteiger partial charge in [-0.05, 0) is 19.4 Å². The maximum atomic E-state index is 10.8. The van der Waals surface area contributed by atoms with Crippen LogP contribution in [0.15, 0.2) is 0 Å². The molecule has 0 radical (unpaired) electrons. The summed E-state index contributed by atoms with van der Waals surface area (Å²) in [6, 6.07) is 0.996. The first-order chi connectivity index (χ1) is 5.86. The van der Waals surface area contributed by atoms with Crippen LogP contribution in [0.3, 0.4) is 0 Å². The zero-order valence-corrected chi connectivity index (χ0v) is 7.10. The van der Waals surface area contributed by atoms with E-state index in [2.05, 4.69) is 16.0 Å². The second-order valence-electron chi connectivity index (χ2n) is 3.49. The fraction of sp³-hybridized carbons (Fsp3) is 0.875. The molecule has 68 valence electrons. The van der Waals surface area contributed by atoms with E-state index in [4.69, 9.17) is 0 Å². The predicted octanol–water partition coefficient (Wildman–Crippen LogP) is -1.17. The fourth-order valence-corrected chi connectivity index (χ4v) is 1.92. The monoisotopic (exact) mass is 169 g/mol. The number of piperazine rings is 1. The summed E-state index contributed by atoms with van der Waals surface area (Å²) in [5.74, 6) is 0.115. The Labute approximate surface area is 72.1 Å². The van der Waals surface area contributed by atoms with Gasteiger partial charge in [0.2, 0.25) is 5.91 Å². The SMILES string of the molecule is O=C1CNC(C2CCCN2)CN1. The molecule has 0 aliphatic carbocycles. The first kappa shape index (κ1) is 8.01. The van der Waals surface area contributed by atoms with E-state index in [0.717, 1.165) is 13.1 Å². The topological polar surface area (TPSA) is 53.2 Å². The van der Waals surface area contributed by atoms with Gasteiger partial charge in [-0.3, -0.25) is 4.79 Å². The Bertz CT molecular complexity index is 167. The van der Waals surface area contributed by atoms with Gasteiger partial charge in [0.1, 0.15) is 0 Å². The lowest BCUT2D eigenvalue weighted by atomic mass is 10.1. The highest BCUT2D eigenvalue weighted by Gasteiger charge is 2.27. The van der Waals surface area contributed by atoms with E-state index in [1.165, 1.54) is 12.8 Å². The summed E-state index contributed by atoms with van der Waals surface area (Å²) in [5.41, 5.74) is 0. The standard InChI is InChI=1S/C8H15N3O/c12-8-5-10-7(4-11-8)6-2-1-3-9-6/h6-7,9-10H,1-5H2,(H,11,12). The van der Waals surface area contributed by atoms with Gasteiger partial charge in [0, 0.05) is 18.6 Å². The van der Waals surface area contributed by atoms with Crippen molar-refractivity contribution >= 4 is 5.91 Å². The van der Waals surface area contributed by atoms with Crippen molar-refractivity contribution in [1.29, 1.82) is 0 Å². The maximum Gasteiger partial charge on any atom is 0.234 e. The highest BCUT2D eigenvalue weighted by molar-refractivity contribution is 5.78. The molecular weight excluding hydrogens is 154 g/mol. The number of carbonyl (C=O) groups is 1. The van der Waals surface area contributed by atoms with Crippen molar-refractivity contribution < 1.29 is 4.79 Å². The second kappa shape index (κ2) is 3.41. The van der Waals surface area contributed by atoms with Gasteiger partial charge in [-0.2, -0.15) is 0 Å². The largest absolute Gasteiger partial charge is 0.353 e. The first-order valence-corrected chi connectivity index (χ1v) is 4.60. The molecule has 2 unspecified atom stereocenters. The Morgan fingerprint density at radius 3 is 2.75 bits per heavy atom. The van der Waals surface area contributed by atoms with Crippen LogP contribution in [0, 0.1) is 0 Å². The molecule has 2 rings (SSSR count). The van der Waals surface area contributed by atoms with E-state index in [-0.39, 0.29) is 5.91 Å². The zero-order valence-electron chi connectivity index (χ0n) is 7.10. The van der Waals surface area contributed by atoms with Crippen LogP contribution in [-0.4, -0.2) is 37.6 Å². The van der Waals surface area contributed by atoms with E-state index in [0.29, 0.717) is 18.6 Å². The minimum Gasteiger partial charge on any atom is -0.353 e. The lowest BCUT2D eigenvalue weighted by Crippen LogP contribution is -2.58. The lowest BCUT2D eigenvalue weighted by molar-refractivity contribution is -0.121. The number of carbonyl (C=O) groups excluding carboxylic acids is 1. The highest BCUT2D eigenvalue weighted by atomic mass is 16.2.